The Bertz CT molecular complexity index is 1090. The predicted molar refractivity (Wildman–Crippen MR) is 117 cm³/mol. The number of amides is 1. The normalized spacial score (nSPS) is 18.9. The number of aryl methyl sites for hydroxylation is 1. The van der Waals surface area contributed by atoms with E-state index in [1.165, 1.54) is 0 Å². The van der Waals surface area contributed by atoms with Crippen molar-refractivity contribution in [3.63, 3.8) is 0 Å². The number of nitrogens with zero attached hydrogens (tertiary/aromatic N) is 1. The maximum Gasteiger partial charge on any atom is 0.262 e. The largest absolute Gasteiger partial charge is 0.497 e. The first-order chi connectivity index (χ1) is 15.1. The minimum absolute atomic E-state index is 0.00325. The number of carbonyl (C=O) groups excluding carboxylic acids is 1. The van der Waals surface area contributed by atoms with Crippen LogP contribution in [0.15, 0.2) is 54.1 Å². The molecule has 1 saturated heterocycles. The molecule has 0 saturated carbocycles. The second kappa shape index (κ2) is 9.07. The van der Waals surface area contributed by atoms with Crippen LogP contribution in [0.25, 0.3) is 11.3 Å². The van der Waals surface area contributed by atoms with Gasteiger partial charge in [-0.05, 0) is 62.2 Å². The molecule has 1 amide bonds. The van der Waals surface area contributed by atoms with E-state index in [1.807, 2.05) is 49.4 Å². The summed E-state index contributed by atoms with van der Waals surface area (Å²) in [5.74, 6) is 1.49. The standard InChI is InChI=1S/C25H24N2O4/c1-16-5-10-23-21(12-16)20(13-24(31-23)17-6-8-18(29-2)9-7-17)22(14-26)25(28)27-15-19-4-3-11-30-19/h5-10,12-13,19H,3-4,11,15H2,1-2H3,(H,27,28)/t19-/m1/s1. The first-order valence-corrected chi connectivity index (χ1v) is 10.3. The topological polar surface area (TPSA) is 80.6 Å². The maximum atomic E-state index is 12.9. The lowest BCUT2D eigenvalue weighted by Crippen LogP contribution is -2.33. The van der Waals surface area contributed by atoms with E-state index in [9.17, 15) is 10.1 Å². The number of nitrogens with one attached hydrogen (secondary N) is 1. The summed E-state index contributed by atoms with van der Waals surface area (Å²) in [6.45, 7) is 3.07. The molecule has 6 nitrogen and oxygen atoms in total. The molecule has 31 heavy (non-hydrogen) atoms. The Kier molecular flexibility index (Phi) is 6.06. The fourth-order valence-corrected chi connectivity index (χ4v) is 3.74. The van der Waals surface area contributed by atoms with Crippen LogP contribution in [0.4, 0.5) is 0 Å². The number of hydrogen-bond acceptors (Lipinski definition) is 5. The highest BCUT2D eigenvalue weighted by Crippen LogP contribution is 2.39. The molecule has 1 N–H and O–H groups in total. The lowest BCUT2D eigenvalue weighted by Gasteiger charge is -2.22. The molecule has 0 aromatic heterocycles. The van der Waals surface area contributed by atoms with Gasteiger partial charge in [-0.2, -0.15) is 5.26 Å². The summed E-state index contributed by atoms with van der Waals surface area (Å²) in [6, 6.07) is 15.3. The molecule has 0 radical (unpaired) electrons. The number of hydrogen-bond donors (Lipinski definition) is 1. The van der Waals surface area contributed by atoms with E-state index in [0.717, 1.165) is 35.3 Å². The Morgan fingerprint density at radius 1 is 1.26 bits per heavy atom. The zero-order chi connectivity index (χ0) is 21.8. The van der Waals surface area contributed by atoms with E-state index in [1.54, 1.807) is 13.2 Å². The summed E-state index contributed by atoms with van der Waals surface area (Å²) in [5.41, 5.74) is 3.16. The third kappa shape index (κ3) is 4.47. The third-order valence-electron chi connectivity index (χ3n) is 5.42. The van der Waals surface area contributed by atoms with Crippen molar-refractivity contribution in [2.45, 2.75) is 25.9 Å². The van der Waals surface area contributed by atoms with E-state index in [4.69, 9.17) is 14.2 Å². The van der Waals surface area contributed by atoms with Crippen LogP contribution in [0, 0.1) is 18.3 Å². The van der Waals surface area contributed by atoms with Crippen LogP contribution in [0.2, 0.25) is 0 Å². The van der Waals surface area contributed by atoms with Gasteiger partial charge in [-0.3, -0.25) is 4.79 Å². The SMILES string of the molecule is COc1ccc(C2=CC(=C(C#N)C(=O)NC[C@H]3CCCO3)c3cc(C)ccc3O2)cc1. The highest BCUT2D eigenvalue weighted by molar-refractivity contribution is 6.09. The smallest absolute Gasteiger partial charge is 0.262 e. The number of methoxy groups -OCH3 is 1. The lowest BCUT2D eigenvalue weighted by atomic mass is 9.93. The van der Waals surface area contributed by atoms with Gasteiger partial charge in [-0.1, -0.05) is 11.6 Å². The summed E-state index contributed by atoms with van der Waals surface area (Å²) in [7, 11) is 1.61. The molecule has 0 spiro atoms. The second-order valence-electron chi connectivity index (χ2n) is 7.58. The van der Waals surface area contributed by atoms with Crippen molar-refractivity contribution in [3.8, 4) is 17.6 Å². The van der Waals surface area contributed by atoms with Crippen LogP contribution < -0.4 is 14.8 Å². The second-order valence-corrected chi connectivity index (χ2v) is 7.58. The zero-order valence-electron chi connectivity index (χ0n) is 17.6. The summed E-state index contributed by atoms with van der Waals surface area (Å²) < 4.78 is 16.9. The molecule has 0 bridgehead atoms. The summed E-state index contributed by atoms with van der Waals surface area (Å²) in [5, 5.41) is 12.7. The number of benzene rings is 2. The minimum Gasteiger partial charge on any atom is -0.497 e. The number of nitriles is 1. The fraction of sp³-hybridized carbons (Fsp3) is 0.280. The van der Waals surface area contributed by atoms with Crippen molar-refractivity contribution in [3.05, 3.63) is 70.8 Å². The van der Waals surface area contributed by atoms with Gasteiger partial charge < -0.3 is 19.5 Å². The molecule has 2 aliphatic heterocycles. The number of ether oxygens (including phenoxy) is 3. The van der Waals surface area contributed by atoms with Crippen LogP contribution in [0.3, 0.4) is 0 Å². The first-order valence-electron chi connectivity index (χ1n) is 10.3. The van der Waals surface area contributed by atoms with Crippen molar-refractivity contribution in [1.82, 2.24) is 5.32 Å². The molecule has 4 rings (SSSR count). The average molecular weight is 416 g/mol. The van der Waals surface area contributed by atoms with Gasteiger partial charge >= 0.3 is 0 Å². The molecule has 2 heterocycles. The summed E-state index contributed by atoms with van der Waals surface area (Å²) in [4.78, 5) is 12.9. The fourth-order valence-electron chi connectivity index (χ4n) is 3.74. The number of carbonyl (C=O) groups is 1. The van der Waals surface area contributed by atoms with E-state index in [0.29, 0.717) is 30.2 Å². The van der Waals surface area contributed by atoms with Crippen LogP contribution >= 0.6 is 0 Å². The Balaban J connectivity index is 1.73. The Morgan fingerprint density at radius 2 is 2.06 bits per heavy atom. The molecular formula is C25H24N2O4. The van der Waals surface area contributed by atoms with Gasteiger partial charge in [-0.25, -0.2) is 0 Å². The molecule has 1 atom stereocenters. The van der Waals surface area contributed by atoms with Gasteiger partial charge in [0.2, 0.25) is 0 Å². The maximum absolute atomic E-state index is 12.9. The highest BCUT2D eigenvalue weighted by Gasteiger charge is 2.25. The van der Waals surface area contributed by atoms with E-state index < -0.39 is 5.91 Å². The van der Waals surface area contributed by atoms with Crippen LogP contribution in [0.5, 0.6) is 11.5 Å². The predicted octanol–water partition coefficient (Wildman–Crippen LogP) is 4.01. The Morgan fingerprint density at radius 3 is 2.74 bits per heavy atom. The first kappa shape index (κ1) is 20.7. The molecule has 0 unspecified atom stereocenters. The van der Waals surface area contributed by atoms with Crippen LogP contribution in [0.1, 0.15) is 29.5 Å². The molecule has 6 heteroatoms. The Hall–Kier alpha value is -3.56. The average Bonchev–Trinajstić information content (AvgIpc) is 3.32. The quantitative estimate of drug-likeness (QED) is 0.588. The van der Waals surface area contributed by atoms with Crippen molar-refractivity contribution in [2.24, 2.45) is 0 Å². The summed E-state index contributed by atoms with van der Waals surface area (Å²) in [6.07, 6.45) is 3.66. The number of fused-ring (bicyclic) bond motifs is 1. The molecule has 2 aromatic carbocycles. The van der Waals surface area contributed by atoms with Gasteiger partial charge in [0.25, 0.3) is 5.91 Å². The Labute approximate surface area is 181 Å². The van der Waals surface area contributed by atoms with Crippen LogP contribution in [-0.2, 0) is 9.53 Å². The van der Waals surface area contributed by atoms with Crippen molar-refractivity contribution < 1.29 is 19.0 Å². The van der Waals surface area contributed by atoms with E-state index in [2.05, 4.69) is 11.4 Å². The molecule has 158 valence electrons. The van der Waals surface area contributed by atoms with Crippen molar-refractivity contribution in [2.75, 3.05) is 20.3 Å². The monoisotopic (exact) mass is 416 g/mol. The summed E-state index contributed by atoms with van der Waals surface area (Å²) >= 11 is 0. The minimum atomic E-state index is -0.410. The molecule has 2 aromatic rings. The van der Waals surface area contributed by atoms with Gasteiger partial charge in [-0.15, -0.1) is 0 Å². The van der Waals surface area contributed by atoms with Crippen molar-refractivity contribution in [1.29, 1.82) is 5.26 Å². The molecular weight excluding hydrogens is 392 g/mol. The lowest BCUT2D eigenvalue weighted by molar-refractivity contribution is -0.117. The number of allylic oxidation sites excluding steroid dienone is 2. The highest BCUT2D eigenvalue weighted by atomic mass is 16.5. The van der Waals surface area contributed by atoms with E-state index >= 15 is 0 Å². The van der Waals surface area contributed by atoms with Gasteiger partial charge in [0.1, 0.15) is 28.9 Å². The number of rotatable bonds is 5. The molecule has 1 fully saturated rings. The van der Waals surface area contributed by atoms with Gasteiger partial charge in [0.15, 0.2) is 0 Å². The van der Waals surface area contributed by atoms with Crippen molar-refractivity contribution >= 4 is 17.2 Å². The van der Waals surface area contributed by atoms with Gasteiger partial charge in [0, 0.05) is 29.9 Å². The van der Waals surface area contributed by atoms with Crippen LogP contribution in [-0.4, -0.2) is 32.3 Å². The molecule has 2 aliphatic rings. The third-order valence-corrected chi connectivity index (χ3v) is 5.42. The molecule has 0 aliphatic carbocycles. The van der Waals surface area contributed by atoms with E-state index in [-0.39, 0.29) is 11.7 Å². The zero-order valence-corrected chi connectivity index (χ0v) is 17.6. The van der Waals surface area contributed by atoms with Gasteiger partial charge in [0.05, 0.1) is 13.2 Å².